The van der Waals surface area contributed by atoms with E-state index >= 15 is 0 Å². The van der Waals surface area contributed by atoms with Gasteiger partial charge in [0.1, 0.15) is 6.04 Å². The number of nitrogens with two attached hydrogens (primary N) is 1. The summed E-state index contributed by atoms with van der Waals surface area (Å²) in [5.74, 6) is -0.870. The molecule has 0 aromatic heterocycles. The molecule has 0 heterocycles. The molecule has 19 heavy (non-hydrogen) atoms. The van der Waals surface area contributed by atoms with E-state index in [-0.39, 0.29) is 18.9 Å². The first-order valence-electron chi connectivity index (χ1n) is 5.89. The van der Waals surface area contributed by atoms with E-state index < -0.39 is 22.0 Å². The smallest absolute Gasteiger partial charge is 0.325 e. The van der Waals surface area contributed by atoms with Crippen LogP contribution in [0.5, 0.6) is 0 Å². The second-order valence-corrected chi connectivity index (χ2v) is 5.66. The second-order valence-electron chi connectivity index (χ2n) is 3.90. The van der Waals surface area contributed by atoms with E-state index in [0.29, 0.717) is 5.56 Å². The fraction of sp³-hybridized carbons (Fsp3) is 0.417. The average molecular weight is 286 g/mol. The van der Waals surface area contributed by atoms with Crippen molar-refractivity contribution in [1.29, 1.82) is 0 Å². The van der Waals surface area contributed by atoms with Crippen molar-refractivity contribution in [3.8, 4) is 0 Å². The first-order valence-corrected chi connectivity index (χ1v) is 7.54. The molecule has 1 aromatic rings. The summed E-state index contributed by atoms with van der Waals surface area (Å²) in [6, 6.07) is 7.63. The van der Waals surface area contributed by atoms with Gasteiger partial charge in [0.2, 0.25) is 10.0 Å². The van der Waals surface area contributed by atoms with Crippen molar-refractivity contribution in [2.24, 2.45) is 5.73 Å². The Balaban J connectivity index is 2.70. The zero-order chi connectivity index (χ0) is 14.3. The third-order valence-corrected chi connectivity index (χ3v) is 3.69. The van der Waals surface area contributed by atoms with Crippen LogP contribution >= 0.6 is 0 Å². The Morgan fingerprint density at radius 3 is 2.53 bits per heavy atom. The maximum absolute atomic E-state index is 11.9. The topological polar surface area (TPSA) is 98.5 Å². The lowest BCUT2D eigenvalue weighted by Gasteiger charge is -2.15. The third-order valence-electron chi connectivity index (χ3n) is 2.33. The molecule has 0 amide bonds. The van der Waals surface area contributed by atoms with Gasteiger partial charge in [-0.05, 0) is 12.5 Å². The molecular weight excluding hydrogens is 268 g/mol. The summed E-state index contributed by atoms with van der Waals surface area (Å²) in [5, 5.41) is 0. The highest BCUT2D eigenvalue weighted by atomic mass is 32.2. The van der Waals surface area contributed by atoms with Crippen LogP contribution in [0.25, 0.3) is 0 Å². The molecule has 106 valence electrons. The van der Waals surface area contributed by atoms with Crippen molar-refractivity contribution < 1.29 is 17.9 Å². The van der Waals surface area contributed by atoms with Crippen LogP contribution in [0, 0.1) is 0 Å². The molecule has 7 heteroatoms. The predicted molar refractivity (Wildman–Crippen MR) is 71.7 cm³/mol. The van der Waals surface area contributed by atoms with E-state index in [0.717, 1.165) is 0 Å². The summed E-state index contributed by atoms with van der Waals surface area (Å²) in [5.41, 5.74) is 6.01. The van der Waals surface area contributed by atoms with Gasteiger partial charge in [-0.1, -0.05) is 30.3 Å². The maximum Gasteiger partial charge on any atom is 0.325 e. The molecule has 0 bridgehead atoms. The number of ether oxygens (including phenoxy) is 1. The average Bonchev–Trinajstić information content (AvgIpc) is 2.37. The summed E-state index contributed by atoms with van der Waals surface area (Å²) in [6.07, 6.45) is 0. The molecule has 6 nitrogen and oxygen atoms in total. The maximum atomic E-state index is 11.9. The Hall–Kier alpha value is -1.44. The molecule has 0 spiro atoms. The molecule has 0 saturated heterocycles. The van der Waals surface area contributed by atoms with Crippen LogP contribution in [-0.2, 0) is 25.3 Å². The number of carbonyl (C=O) groups is 1. The third kappa shape index (κ3) is 5.37. The minimum atomic E-state index is -3.64. The molecule has 1 rings (SSSR count). The van der Waals surface area contributed by atoms with Crippen molar-refractivity contribution in [3.05, 3.63) is 35.9 Å². The summed E-state index contributed by atoms with van der Waals surface area (Å²) in [7, 11) is -3.64. The number of esters is 1. The largest absolute Gasteiger partial charge is 0.465 e. The Bertz CT molecular complexity index is 502. The van der Waals surface area contributed by atoms with Crippen LogP contribution in [0.4, 0.5) is 0 Å². The van der Waals surface area contributed by atoms with Crippen LogP contribution in [0.2, 0.25) is 0 Å². The number of sulfonamides is 1. The number of rotatable bonds is 7. The Labute approximate surface area is 113 Å². The van der Waals surface area contributed by atoms with Gasteiger partial charge in [-0.25, -0.2) is 8.42 Å². The fourth-order valence-electron chi connectivity index (χ4n) is 1.49. The highest BCUT2D eigenvalue weighted by Crippen LogP contribution is 2.05. The van der Waals surface area contributed by atoms with Gasteiger partial charge in [-0.2, -0.15) is 4.72 Å². The van der Waals surface area contributed by atoms with E-state index in [1.54, 1.807) is 37.3 Å². The van der Waals surface area contributed by atoms with Crippen molar-refractivity contribution in [1.82, 2.24) is 4.72 Å². The monoisotopic (exact) mass is 286 g/mol. The fourth-order valence-corrected chi connectivity index (χ4v) is 2.83. The first-order chi connectivity index (χ1) is 8.98. The van der Waals surface area contributed by atoms with Crippen molar-refractivity contribution >= 4 is 16.0 Å². The van der Waals surface area contributed by atoms with Gasteiger partial charge in [0.15, 0.2) is 0 Å². The van der Waals surface area contributed by atoms with E-state index in [2.05, 4.69) is 4.72 Å². The summed E-state index contributed by atoms with van der Waals surface area (Å²) in [4.78, 5) is 11.5. The lowest BCUT2D eigenvalue weighted by Crippen LogP contribution is -2.46. The van der Waals surface area contributed by atoms with Gasteiger partial charge in [-0.15, -0.1) is 0 Å². The standard InChI is InChI=1S/C12H18N2O4S/c1-2-18-12(15)11(8-13)14-19(16,17)9-10-6-4-3-5-7-10/h3-7,11,14H,2,8-9,13H2,1H3/t11-/m0/s1. The number of benzene rings is 1. The first kappa shape index (κ1) is 15.6. The normalized spacial score (nSPS) is 12.9. The molecule has 0 saturated carbocycles. The predicted octanol–water partition coefficient (Wildman–Crippen LogP) is -0.00360. The van der Waals surface area contributed by atoms with Crippen LogP contribution in [0.1, 0.15) is 12.5 Å². The van der Waals surface area contributed by atoms with Gasteiger partial charge < -0.3 is 10.5 Å². The van der Waals surface area contributed by atoms with Gasteiger partial charge in [-0.3, -0.25) is 4.79 Å². The minimum Gasteiger partial charge on any atom is -0.465 e. The molecule has 0 unspecified atom stereocenters. The molecule has 0 aliphatic rings. The van der Waals surface area contributed by atoms with E-state index in [9.17, 15) is 13.2 Å². The van der Waals surface area contributed by atoms with E-state index in [1.165, 1.54) is 0 Å². The van der Waals surface area contributed by atoms with Gasteiger partial charge in [0.05, 0.1) is 12.4 Å². The Morgan fingerprint density at radius 2 is 2.00 bits per heavy atom. The highest BCUT2D eigenvalue weighted by Gasteiger charge is 2.24. The summed E-state index contributed by atoms with van der Waals surface area (Å²) >= 11 is 0. The van der Waals surface area contributed by atoms with Gasteiger partial charge >= 0.3 is 5.97 Å². The second kappa shape index (κ2) is 7.22. The zero-order valence-corrected chi connectivity index (χ0v) is 11.5. The van der Waals surface area contributed by atoms with Crippen molar-refractivity contribution in [3.63, 3.8) is 0 Å². The molecule has 1 aromatic carbocycles. The van der Waals surface area contributed by atoms with Crippen LogP contribution in [0.15, 0.2) is 30.3 Å². The summed E-state index contributed by atoms with van der Waals surface area (Å²) < 4.78 is 30.8. The van der Waals surface area contributed by atoms with Crippen molar-refractivity contribution in [2.75, 3.05) is 13.2 Å². The summed E-state index contributed by atoms with van der Waals surface area (Å²) in [6.45, 7) is 1.67. The Morgan fingerprint density at radius 1 is 1.37 bits per heavy atom. The number of carbonyl (C=O) groups excluding carboxylic acids is 1. The molecule has 0 aliphatic carbocycles. The van der Waals surface area contributed by atoms with Crippen LogP contribution in [0.3, 0.4) is 0 Å². The number of nitrogens with one attached hydrogen (secondary N) is 1. The minimum absolute atomic E-state index is 0.146. The molecule has 0 fully saturated rings. The Kier molecular flexibility index (Phi) is 5.94. The molecule has 0 aliphatic heterocycles. The van der Waals surface area contributed by atoms with Crippen LogP contribution in [-0.4, -0.2) is 33.6 Å². The van der Waals surface area contributed by atoms with Gasteiger partial charge in [0, 0.05) is 6.54 Å². The van der Waals surface area contributed by atoms with Crippen LogP contribution < -0.4 is 10.5 Å². The highest BCUT2D eigenvalue weighted by molar-refractivity contribution is 7.88. The zero-order valence-electron chi connectivity index (χ0n) is 10.7. The lowest BCUT2D eigenvalue weighted by molar-refractivity contribution is -0.144. The van der Waals surface area contributed by atoms with Gasteiger partial charge in [0.25, 0.3) is 0 Å². The number of hydrogen-bond donors (Lipinski definition) is 2. The molecular formula is C12H18N2O4S. The van der Waals surface area contributed by atoms with Crippen molar-refractivity contribution in [2.45, 2.75) is 18.7 Å². The number of hydrogen-bond acceptors (Lipinski definition) is 5. The molecule has 1 atom stereocenters. The molecule has 3 N–H and O–H groups in total. The lowest BCUT2D eigenvalue weighted by atomic mass is 10.2. The quantitative estimate of drug-likeness (QED) is 0.687. The van der Waals surface area contributed by atoms with E-state index in [1.807, 2.05) is 0 Å². The SMILES string of the molecule is CCOC(=O)[C@H](CN)NS(=O)(=O)Cc1ccccc1. The molecule has 0 radical (unpaired) electrons. The van der Waals surface area contributed by atoms with E-state index in [4.69, 9.17) is 10.5 Å².